The molecule has 3 N–H and O–H groups in total. The third kappa shape index (κ3) is 4.56. The predicted octanol–water partition coefficient (Wildman–Crippen LogP) is 3.34. The number of amides is 2. The number of fused-ring (bicyclic) bond motifs is 1. The normalized spacial score (nSPS) is 19.3. The molecule has 1 atom stereocenters. The number of anilines is 3. The van der Waals surface area contributed by atoms with Crippen LogP contribution in [0.4, 0.5) is 16.8 Å². The van der Waals surface area contributed by atoms with E-state index in [1.807, 2.05) is 20.0 Å². The fourth-order valence-corrected chi connectivity index (χ4v) is 6.02. The van der Waals surface area contributed by atoms with E-state index < -0.39 is 0 Å². The van der Waals surface area contributed by atoms with Gasteiger partial charge in [-0.1, -0.05) is 0 Å². The minimum absolute atomic E-state index is 0.0353. The summed E-state index contributed by atoms with van der Waals surface area (Å²) in [5, 5.41) is 23.1. The molecule has 6 rings (SSSR count). The maximum Gasteiger partial charge on any atom is 0.254 e. The molecule has 35 heavy (non-hydrogen) atoms. The lowest BCUT2D eigenvalue weighted by molar-refractivity contribution is -0.117. The summed E-state index contributed by atoms with van der Waals surface area (Å²) in [4.78, 5) is 27.1. The zero-order valence-corrected chi connectivity index (χ0v) is 20.8. The number of hydrogen-bond donors (Lipinski definition) is 3. The Morgan fingerprint density at radius 1 is 1.20 bits per heavy atom. The van der Waals surface area contributed by atoms with Crippen LogP contribution < -0.4 is 16.0 Å². The fourth-order valence-electron chi connectivity index (χ4n) is 4.78. The number of thiophene rings is 1. The SMILES string of the molecule is Cc1cc(Nc2nncn2[C@H]2CCc3sc(NC(=O)C4CC4)c(C(=O)NCC4CC4)c3C2)n(C)n1. The van der Waals surface area contributed by atoms with Gasteiger partial charge in [-0.15, -0.1) is 21.5 Å². The first-order valence-electron chi connectivity index (χ1n) is 12.4. The molecule has 2 amide bonds. The van der Waals surface area contributed by atoms with Crippen LogP contribution in [0.15, 0.2) is 12.4 Å². The van der Waals surface area contributed by atoms with Gasteiger partial charge in [0.05, 0.1) is 11.3 Å². The van der Waals surface area contributed by atoms with Crippen molar-refractivity contribution in [2.75, 3.05) is 17.2 Å². The number of aromatic nitrogens is 5. The van der Waals surface area contributed by atoms with Crippen LogP contribution in [0.2, 0.25) is 0 Å². The van der Waals surface area contributed by atoms with Gasteiger partial charge in [-0.25, -0.2) is 0 Å². The van der Waals surface area contributed by atoms with Crippen molar-refractivity contribution in [1.82, 2.24) is 29.9 Å². The second kappa shape index (κ2) is 8.78. The Balaban J connectivity index is 1.27. The van der Waals surface area contributed by atoms with Crippen LogP contribution in [0.5, 0.6) is 0 Å². The van der Waals surface area contributed by atoms with Gasteiger partial charge in [0.25, 0.3) is 5.91 Å². The number of nitrogens with one attached hydrogen (secondary N) is 3. The molecule has 10 nitrogen and oxygen atoms in total. The Morgan fingerprint density at radius 3 is 2.74 bits per heavy atom. The van der Waals surface area contributed by atoms with Gasteiger partial charge in [-0.2, -0.15) is 5.10 Å². The van der Waals surface area contributed by atoms with Crippen molar-refractivity contribution in [3.63, 3.8) is 0 Å². The molecular weight excluding hydrogens is 464 g/mol. The maximum absolute atomic E-state index is 13.3. The van der Waals surface area contributed by atoms with Gasteiger partial charge in [-0.3, -0.25) is 18.8 Å². The smallest absolute Gasteiger partial charge is 0.254 e. The minimum atomic E-state index is -0.0754. The summed E-state index contributed by atoms with van der Waals surface area (Å²) >= 11 is 1.56. The molecular formula is C24H30N8O2S. The number of carbonyl (C=O) groups excluding carboxylic acids is 2. The summed E-state index contributed by atoms with van der Waals surface area (Å²) in [7, 11) is 1.89. The van der Waals surface area contributed by atoms with Crippen molar-refractivity contribution < 1.29 is 9.59 Å². The van der Waals surface area contributed by atoms with Gasteiger partial charge in [0.15, 0.2) is 0 Å². The minimum Gasteiger partial charge on any atom is -0.352 e. The van der Waals surface area contributed by atoms with Crippen LogP contribution >= 0.6 is 11.3 Å². The van der Waals surface area contributed by atoms with Crippen LogP contribution in [0.1, 0.15) is 64.6 Å². The first kappa shape index (κ1) is 22.3. The van der Waals surface area contributed by atoms with E-state index in [1.165, 1.54) is 17.7 Å². The lowest BCUT2D eigenvalue weighted by Crippen LogP contribution is -2.28. The number of aryl methyl sites for hydroxylation is 3. The van der Waals surface area contributed by atoms with Gasteiger partial charge in [0.1, 0.15) is 17.1 Å². The molecule has 0 radical (unpaired) electrons. The second-order valence-electron chi connectivity index (χ2n) is 10.0. The highest BCUT2D eigenvalue weighted by Gasteiger charge is 2.35. The van der Waals surface area contributed by atoms with E-state index in [1.54, 1.807) is 22.3 Å². The van der Waals surface area contributed by atoms with E-state index in [0.29, 0.717) is 35.4 Å². The van der Waals surface area contributed by atoms with E-state index in [2.05, 4.69) is 35.8 Å². The lowest BCUT2D eigenvalue weighted by Gasteiger charge is -2.25. The third-order valence-corrected chi connectivity index (χ3v) is 8.31. The van der Waals surface area contributed by atoms with Gasteiger partial charge >= 0.3 is 0 Å². The van der Waals surface area contributed by atoms with Crippen LogP contribution in [0.3, 0.4) is 0 Å². The van der Waals surface area contributed by atoms with E-state index in [9.17, 15) is 9.59 Å². The number of hydrogen-bond acceptors (Lipinski definition) is 7. The lowest BCUT2D eigenvalue weighted by atomic mass is 9.91. The summed E-state index contributed by atoms with van der Waals surface area (Å²) < 4.78 is 3.83. The molecule has 3 aliphatic rings. The Morgan fingerprint density at radius 2 is 2.03 bits per heavy atom. The van der Waals surface area contributed by atoms with Gasteiger partial charge in [0.2, 0.25) is 11.9 Å². The Hall–Kier alpha value is -3.21. The summed E-state index contributed by atoms with van der Waals surface area (Å²) in [5.74, 6) is 2.13. The van der Waals surface area contributed by atoms with E-state index in [4.69, 9.17) is 0 Å². The van der Waals surface area contributed by atoms with E-state index in [0.717, 1.165) is 42.8 Å². The topological polar surface area (TPSA) is 119 Å². The van der Waals surface area contributed by atoms with Crippen molar-refractivity contribution in [2.45, 2.75) is 57.9 Å². The molecule has 11 heteroatoms. The van der Waals surface area contributed by atoms with Crippen molar-refractivity contribution in [1.29, 1.82) is 0 Å². The summed E-state index contributed by atoms with van der Waals surface area (Å²) in [6.07, 6.45) is 8.40. The molecule has 3 aliphatic carbocycles. The zero-order chi connectivity index (χ0) is 24.1. The maximum atomic E-state index is 13.3. The first-order valence-corrected chi connectivity index (χ1v) is 13.2. The highest BCUT2D eigenvalue weighted by atomic mass is 32.1. The third-order valence-electron chi connectivity index (χ3n) is 7.10. The van der Waals surface area contributed by atoms with E-state index >= 15 is 0 Å². The monoisotopic (exact) mass is 494 g/mol. The van der Waals surface area contributed by atoms with Gasteiger partial charge < -0.3 is 16.0 Å². The Kier molecular flexibility index (Phi) is 5.58. The van der Waals surface area contributed by atoms with Crippen LogP contribution in [0.25, 0.3) is 0 Å². The molecule has 0 spiro atoms. The van der Waals surface area contributed by atoms with Crippen molar-refractivity contribution in [3.05, 3.63) is 34.1 Å². The highest BCUT2D eigenvalue weighted by molar-refractivity contribution is 7.17. The second-order valence-corrected chi connectivity index (χ2v) is 11.1. The number of carbonyl (C=O) groups is 2. The zero-order valence-electron chi connectivity index (χ0n) is 20.0. The summed E-state index contributed by atoms with van der Waals surface area (Å²) in [6, 6.07) is 2.07. The average Bonchev–Trinajstić information content (AvgIpc) is 3.74. The molecule has 2 fully saturated rings. The highest BCUT2D eigenvalue weighted by Crippen LogP contribution is 2.42. The average molecular weight is 495 g/mol. The molecule has 2 saturated carbocycles. The molecule has 3 heterocycles. The summed E-state index contributed by atoms with van der Waals surface area (Å²) in [6.45, 7) is 2.65. The van der Waals surface area contributed by atoms with Crippen LogP contribution in [-0.4, -0.2) is 42.9 Å². The van der Waals surface area contributed by atoms with Crippen molar-refractivity contribution in [3.8, 4) is 0 Å². The quantitative estimate of drug-likeness (QED) is 0.442. The van der Waals surface area contributed by atoms with Gasteiger partial charge in [-0.05, 0) is 63.4 Å². The van der Waals surface area contributed by atoms with Crippen LogP contribution in [-0.2, 0) is 24.7 Å². The molecule has 184 valence electrons. The molecule has 0 bridgehead atoms. The van der Waals surface area contributed by atoms with Crippen molar-refractivity contribution >= 4 is 39.9 Å². The molecule has 0 saturated heterocycles. The number of rotatable bonds is 8. The Bertz CT molecular complexity index is 1280. The molecule has 0 aliphatic heterocycles. The fraction of sp³-hybridized carbons (Fsp3) is 0.542. The first-order chi connectivity index (χ1) is 17.0. The molecule has 0 aromatic carbocycles. The molecule has 3 aromatic heterocycles. The largest absolute Gasteiger partial charge is 0.352 e. The standard InChI is InChI=1S/C24H30N8O2S/c1-13-9-19(31(2)30-13)27-24-29-26-12-32(24)16-7-8-18-17(10-16)20(22(34)25-11-14-3-4-14)23(35-18)28-21(33)15-5-6-15/h9,12,14-16H,3-8,10-11H2,1-2H3,(H,25,34)(H,27,29)(H,28,33)/t16-/m0/s1. The number of nitrogens with zero attached hydrogens (tertiary/aromatic N) is 5. The Labute approximate surface area is 207 Å². The molecule has 3 aromatic rings. The van der Waals surface area contributed by atoms with Crippen molar-refractivity contribution in [2.24, 2.45) is 18.9 Å². The predicted molar refractivity (Wildman–Crippen MR) is 133 cm³/mol. The van der Waals surface area contributed by atoms with Crippen LogP contribution in [0, 0.1) is 18.8 Å². The summed E-state index contributed by atoms with van der Waals surface area (Å²) in [5.41, 5.74) is 2.61. The molecule has 0 unspecified atom stereocenters. The van der Waals surface area contributed by atoms with E-state index in [-0.39, 0.29) is 23.8 Å². The van der Waals surface area contributed by atoms with Gasteiger partial charge in [0, 0.05) is 36.5 Å².